The highest BCUT2D eigenvalue weighted by atomic mass is 35.5. The molecular formula is C24H20Cl2N4O5S2. The summed E-state index contributed by atoms with van der Waals surface area (Å²) in [7, 11) is -4.22. The lowest BCUT2D eigenvalue weighted by atomic mass is 9.77. The maximum absolute atomic E-state index is 13.3. The largest absolute Gasteiger partial charge is 0.480 e. The molecule has 0 spiro atoms. The second-order valence-corrected chi connectivity index (χ2v) is 11.7. The van der Waals surface area contributed by atoms with Gasteiger partial charge in [-0.3, -0.25) is 9.52 Å². The standard InChI is InChI=1S/C24H20Cl2N4O5S2/c1-24(2,13-6-8-14(25)9-7-13)21(23(32)33)27-22(31)16-11-10-15(26)12-18(16)30-37(34,35)19-5-3-4-17-20(19)29-36-28-17/h3-12,21,30H,1-2H3,(H,27,31)(H,32,33)/t21-/m1/s1. The fourth-order valence-electron chi connectivity index (χ4n) is 3.80. The van der Waals surface area contributed by atoms with E-state index >= 15 is 0 Å². The number of nitrogens with zero attached hydrogens (tertiary/aromatic N) is 2. The van der Waals surface area contributed by atoms with Crippen LogP contribution in [0.5, 0.6) is 0 Å². The number of rotatable bonds is 8. The number of carboxylic acid groups (broad SMARTS) is 1. The predicted molar refractivity (Wildman–Crippen MR) is 143 cm³/mol. The van der Waals surface area contributed by atoms with Crippen LogP contribution in [0.4, 0.5) is 5.69 Å². The molecule has 1 atom stereocenters. The van der Waals surface area contributed by atoms with Gasteiger partial charge in [0.15, 0.2) is 0 Å². The van der Waals surface area contributed by atoms with Crippen LogP contribution >= 0.6 is 34.9 Å². The highest BCUT2D eigenvalue weighted by Crippen LogP contribution is 2.31. The van der Waals surface area contributed by atoms with Crippen LogP contribution in [0.3, 0.4) is 0 Å². The molecule has 1 amide bonds. The van der Waals surface area contributed by atoms with Crippen molar-refractivity contribution in [1.29, 1.82) is 0 Å². The summed E-state index contributed by atoms with van der Waals surface area (Å²) in [6.45, 7) is 3.34. The number of carbonyl (C=O) groups is 2. The molecule has 0 fully saturated rings. The van der Waals surface area contributed by atoms with Gasteiger partial charge in [0.1, 0.15) is 22.0 Å². The van der Waals surface area contributed by atoms with Crippen molar-refractivity contribution in [2.24, 2.45) is 0 Å². The van der Waals surface area contributed by atoms with Crippen molar-refractivity contribution in [2.45, 2.75) is 30.2 Å². The van der Waals surface area contributed by atoms with Crippen LogP contribution in [-0.4, -0.2) is 40.2 Å². The van der Waals surface area contributed by atoms with Gasteiger partial charge in [0.05, 0.1) is 23.0 Å². The Bertz CT molecular complexity index is 1610. The molecule has 3 aromatic carbocycles. The molecule has 0 saturated carbocycles. The molecule has 9 nitrogen and oxygen atoms in total. The number of carbonyl (C=O) groups excluding carboxylic acids is 1. The fraction of sp³-hybridized carbons (Fsp3) is 0.167. The van der Waals surface area contributed by atoms with Crippen LogP contribution in [0.2, 0.25) is 10.0 Å². The normalized spacial score (nSPS) is 12.8. The van der Waals surface area contributed by atoms with E-state index in [1.165, 1.54) is 30.3 Å². The quantitative estimate of drug-likeness (QED) is 0.268. The van der Waals surface area contributed by atoms with Crippen LogP contribution in [-0.2, 0) is 20.2 Å². The van der Waals surface area contributed by atoms with Gasteiger partial charge in [0.25, 0.3) is 15.9 Å². The van der Waals surface area contributed by atoms with Crippen molar-refractivity contribution in [3.05, 3.63) is 81.8 Å². The molecule has 192 valence electrons. The molecule has 1 aromatic heterocycles. The summed E-state index contributed by atoms with van der Waals surface area (Å²) in [5, 5.41) is 13.1. The van der Waals surface area contributed by atoms with Crippen molar-refractivity contribution in [3.63, 3.8) is 0 Å². The van der Waals surface area contributed by atoms with Gasteiger partial charge in [-0.15, -0.1) is 0 Å². The zero-order valence-electron chi connectivity index (χ0n) is 19.4. The van der Waals surface area contributed by atoms with Crippen molar-refractivity contribution < 1.29 is 23.1 Å². The number of nitrogens with one attached hydrogen (secondary N) is 2. The molecule has 0 unspecified atom stereocenters. The molecule has 1 heterocycles. The van der Waals surface area contributed by atoms with Crippen LogP contribution in [0, 0.1) is 0 Å². The van der Waals surface area contributed by atoms with E-state index in [-0.39, 0.29) is 26.7 Å². The van der Waals surface area contributed by atoms with Crippen LogP contribution in [0.1, 0.15) is 29.8 Å². The van der Waals surface area contributed by atoms with Gasteiger partial charge >= 0.3 is 5.97 Å². The molecule has 0 aliphatic heterocycles. The van der Waals surface area contributed by atoms with Crippen LogP contribution < -0.4 is 10.0 Å². The SMILES string of the molecule is CC(C)(c1ccc(Cl)cc1)[C@H](NC(=O)c1ccc(Cl)cc1NS(=O)(=O)c1cccc2nsnc12)C(=O)O. The number of fused-ring (bicyclic) bond motifs is 1. The van der Waals surface area contributed by atoms with Crippen molar-refractivity contribution in [3.8, 4) is 0 Å². The molecule has 0 radical (unpaired) electrons. The summed E-state index contributed by atoms with van der Waals surface area (Å²) in [5.74, 6) is -2.08. The van der Waals surface area contributed by atoms with Crippen LogP contribution in [0.25, 0.3) is 11.0 Å². The van der Waals surface area contributed by atoms with Gasteiger partial charge in [-0.25, -0.2) is 13.2 Å². The summed E-state index contributed by atoms with van der Waals surface area (Å²) in [6.07, 6.45) is 0. The van der Waals surface area contributed by atoms with Gasteiger partial charge in [0, 0.05) is 15.5 Å². The first-order valence-electron chi connectivity index (χ1n) is 10.7. The Morgan fingerprint density at radius 1 is 1.00 bits per heavy atom. The lowest BCUT2D eigenvalue weighted by molar-refractivity contribution is -0.140. The van der Waals surface area contributed by atoms with Crippen LogP contribution in [0.15, 0.2) is 65.6 Å². The molecule has 0 aliphatic carbocycles. The first-order valence-corrected chi connectivity index (χ1v) is 13.7. The number of aliphatic carboxylic acids is 1. The summed E-state index contributed by atoms with van der Waals surface area (Å²) in [5.41, 5.74) is -0.0693. The zero-order valence-corrected chi connectivity index (χ0v) is 22.5. The number of aromatic nitrogens is 2. The lowest BCUT2D eigenvalue weighted by Crippen LogP contribution is -2.52. The van der Waals surface area contributed by atoms with Gasteiger partial charge < -0.3 is 10.4 Å². The minimum absolute atomic E-state index is 0.116. The van der Waals surface area contributed by atoms with Gasteiger partial charge in [-0.05, 0) is 48.0 Å². The van der Waals surface area contributed by atoms with Gasteiger partial charge in [0.2, 0.25) is 0 Å². The number of hydrogen-bond acceptors (Lipinski definition) is 7. The smallest absolute Gasteiger partial charge is 0.327 e. The Labute approximate surface area is 226 Å². The number of sulfonamides is 1. The molecular weight excluding hydrogens is 559 g/mol. The minimum Gasteiger partial charge on any atom is -0.480 e. The average Bonchev–Trinajstić information content (AvgIpc) is 3.31. The van der Waals surface area contributed by atoms with E-state index in [0.29, 0.717) is 16.1 Å². The zero-order chi connectivity index (χ0) is 27.0. The number of amides is 1. The summed E-state index contributed by atoms with van der Waals surface area (Å²) >= 11 is 12.9. The molecule has 0 bridgehead atoms. The molecule has 0 saturated heterocycles. The average molecular weight is 579 g/mol. The Morgan fingerprint density at radius 2 is 1.68 bits per heavy atom. The fourth-order valence-corrected chi connectivity index (χ4v) is 5.94. The second-order valence-electron chi connectivity index (χ2n) is 8.66. The van der Waals surface area contributed by atoms with E-state index in [1.807, 2.05) is 0 Å². The maximum atomic E-state index is 13.3. The monoisotopic (exact) mass is 578 g/mol. The minimum atomic E-state index is -4.22. The van der Waals surface area contributed by atoms with E-state index in [0.717, 1.165) is 11.7 Å². The van der Waals surface area contributed by atoms with Crippen molar-refractivity contribution in [1.82, 2.24) is 14.1 Å². The Kier molecular flexibility index (Phi) is 7.43. The summed E-state index contributed by atoms with van der Waals surface area (Å²) < 4.78 is 37.0. The van der Waals surface area contributed by atoms with E-state index in [9.17, 15) is 23.1 Å². The third-order valence-corrected chi connectivity index (χ3v) is 8.27. The van der Waals surface area contributed by atoms with Crippen molar-refractivity contribution in [2.75, 3.05) is 4.72 Å². The van der Waals surface area contributed by atoms with Gasteiger partial charge in [-0.1, -0.05) is 55.2 Å². The lowest BCUT2D eigenvalue weighted by Gasteiger charge is -2.32. The topological polar surface area (TPSA) is 138 Å². The molecule has 4 aromatic rings. The number of anilines is 1. The molecule has 0 aliphatic rings. The maximum Gasteiger partial charge on any atom is 0.327 e. The molecule has 3 N–H and O–H groups in total. The number of carboxylic acids is 1. The first-order chi connectivity index (χ1) is 17.4. The Hall–Kier alpha value is -3.25. The summed E-state index contributed by atoms with van der Waals surface area (Å²) in [6, 6.07) is 13.8. The second kappa shape index (κ2) is 10.3. The molecule has 37 heavy (non-hydrogen) atoms. The number of benzene rings is 3. The van der Waals surface area contributed by atoms with E-state index in [2.05, 4.69) is 18.8 Å². The Morgan fingerprint density at radius 3 is 2.35 bits per heavy atom. The number of hydrogen-bond donors (Lipinski definition) is 3. The van der Waals surface area contributed by atoms with E-state index < -0.39 is 33.4 Å². The highest BCUT2D eigenvalue weighted by Gasteiger charge is 2.38. The molecule has 13 heteroatoms. The number of halogens is 2. The van der Waals surface area contributed by atoms with E-state index in [4.69, 9.17) is 23.2 Å². The van der Waals surface area contributed by atoms with Crippen molar-refractivity contribution >= 4 is 73.6 Å². The summed E-state index contributed by atoms with van der Waals surface area (Å²) in [4.78, 5) is 25.4. The van der Waals surface area contributed by atoms with E-state index in [1.54, 1.807) is 44.2 Å². The third-order valence-electron chi connectivity index (χ3n) is 5.84. The Balaban J connectivity index is 1.68. The third kappa shape index (κ3) is 5.54. The molecule has 4 rings (SSSR count). The first kappa shape index (κ1) is 26.8. The van der Waals surface area contributed by atoms with Gasteiger partial charge in [-0.2, -0.15) is 8.75 Å². The predicted octanol–water partition coefficient (Wildman–Crippen LogP) is 4.96. The highest BCUT2D eigenvalue weighted by molar-refractivity contribution is 7.93.